The largest absolute Gasteiger partial charge is 0.394 e. The molecule has 31 atom stereocenters. The van der Waals surface area contributed by atoms with E-state index in [1.165, 1.54) is 0 Å². The van der Waals surface area contributed by atoms with Gasteiger partial charge in [-0.05, 0) is 117 Å². The van der Waals surface area contributed by atoms with Crippen molar-refractivity contribution in [3.8, 4) is 0 Å². The van der Waals surface area contributed by atoms with Gasteiger partial charge in [0.05, 0.1) is 50.3 Å². The molecule has 4 heterocycles. The molecular weight excluding hydrogens is 1030 g/mol. The Kier molecular flexibility index (Phi) is 19.1. The summed E-state index contributed by atoms with van der Waals surface area (Å²) < 4.78 is 48.7. The molecule has 0 aromatic heterocycles. The van der Waals surface area contributed by atoms with Gasteiger partial charge in [0.25, 0.3) is 0 Å². The Morgan fingerprint density at radius 2 is 1.08 bits per heavy atom. The Balaban J connectivity index is 1.03. The second-order valence-corrected chi connectivity index (χ2v) is 25.9. The number of ether oxygens (including phenoxy) is 8. The SMILES string of the molecule is CC(C)=CCCC(C)(OC1OC(COC2OC(CO)C(O)C(O)C2O)C(O)C(O)C1O)C1CCC2(C)C1C(O)CC1C3(C)CCC(OC4OC(CO)C(O)C(O)C4OC4OC(CO)C(O)C(O)C4O)C(C)(C)C3C(O)CC12C. The smallest absolute Gasteiger partial charge is 0.187 e. The van der Waals surface area contributed by atoms with Crippen LogP contribution in [0.15, 0.2) is 11.6 Å². The maximum atomic E-state index is 12.8. The number of aliphatic hydroxyl groups is 16. The zero-order valence-electron chi connectivity index (χ0n) is 46.1. The topological polar surface area (TPSA) is 398 Å². The Labute approximate surface area is 455 Å². The van der Waals surface area contributed by atoms with E-state index in [9.17, 15) is 81.7 Å². The van der Waals surface area contributed by atoms with Gasteiger partial charge in [-0.2, -0.15) is 0 Å². The Morgan fingerprint density at radius 1 is 0.564 bits per heavy atom. The van der Waals surface area contributed by atoms with Gasteiger partial charge in [0.2, 0.25) is 0 Å². The summed E-state index contributed by atoms with van der Waals surface area (Å²) >= 11 is 0. The van der Waals surface area contributed by atoms with Gasteiger partial charge in [-0.1, -0.05) is 46.3 Å². The summed E-state index contributed by atoms with van der Waals surface area (Å²) in [5, 5.41) is 175. The average molecular weight is 1130 g/mol. The van der Waals surface area contributed by atoms with Crippen LogP contribution in [-0.4, -0.2) is 255 Å². The van der Waals surface area contributed by atoms with Crippen LogP contribution in [0.4, 0.5) is 0 Å². The van der Waals surface area contributed by atoms with Crippen molar-refractivity contribution in [3.63, 3.8) is 0 Å². The van der Waals surface area contributed by atoms with Crippen LogP contribution in [0.2, 0.25) is 0 Å². The van der Waals surface area contributed by atoms with Crippen LogP contribution in [-0.2, 0) is 37.9 Å². The molecule has 31 unspecified atom stereocenters. The van der Waals surface area contributed by atoms with E-state index in [2.05, 4.69) is 26.8 Å². The maximum Gasteiger partial charge on any atom is 0.187 e. The van der Waals surface area contributed by atoms with Gasteiger partial charge in [0, 0.05) is 0 Å². The summed E-state index contributed by atoms with van der Waals surface area (Å²) in [5.74, 6) is -1.34. The van der Waals surface area contributed by atoms with Gasteiger partial charge in [-0.3, -0.25) is 0 Å². The predicted molar refractivity (Wildman–Crippen MR) is 268 cm³/mol. The van der Waals surface area contributed by atoms with Crippen molar-refractivity contribution in [2.75, 3.05) is 26.4 Å². The van der Waals surface area contributed by atoms with Gasteiger partial charge in [-0.25, -0.2) is 0 Å². The lowest BCUT2D eigenvalue weighted by Crippen LogP contribution is -2.70. The second-order valence-electron chi connectivity index (χ2n) is 25.9. The molecule has 8 rings (SSSR count). The van der Waals surface area contributed by atoms with E-state index < -0.39 is 207 Å². The summed E-state index contributed by atoms with van der Waals surface area (Å²) in [4.78, 5) is 0. The van der Waals surface area contributed by atoms with Gasteiger partial charge in [-0.15, -0.1) is 0 Å². The number of hydrogen-bond acceptors (Lipinski definition) is 24. The van der Waals surface area contributed by atoms with E-state index in [1.807, 2.05) is 34.6 Å². The minimum Gasteiger partial charge on any atom is -0.394 e. The van der Waals surface area contributed by atoms with Crippen molar-refractivity contribution in [3.05, 3.63) is 11.6 Å². The molecule has 0 aromatic rings. The molecule has 0 bridgehead atoms. The van der Waals surface area contributed by atoms with Crippen molar-refractivity contribution < 1.29 is 120 Å². The number of rotatable bonds is 16. The lowest BCUT2D eigenvalue weighted by molar-refractivity contribution is -0.380. The zero-order chi connectivity index (χ0) is 57.5. The summed E-state index contributed by atoms with van der Waals surface area (Å²) in [6.07, 6.45) is -29.1. The molecule has 4 aliphatic carbocycles. The van der Waals surface area contributed by atoms with Crippen molar-refractivity contribution in [2.24, 2.45) is 45.3 Å². The molecule has 8 aliphatic rings. The van der Waals surface area contributed by atoms with Crippen molar-refractivity contribution in [1.82, 2.24) is 0 Å². The van der Waals surface area contributed by atoms with Crippen LogP contribution in [0.1, 0.15) is 107 Å². The van der Waals surface area contributed by atoms with Crippen LogP contribution >= 0.6 is 0 Å². The first kappa shape index (κ1) is 62.8. The highest BCUT2D eigenvalue weighted by Gasteiger charge is 2.74. The number of fused-ring (bicyclic) bond motifs is 5. The summed E-state index contributed by atoms with van der Waals surface area (Å²) in [5.41, 5.74) is -2.71. The highest BCUT2D eigenvalue weighted by atomic mass is 16.8. The normalized spacial score (nSPS) is 53.1. The highest BCUT2D eigenvalue weighted by molar-refractivity contribution is 5.22. The van der Waals surface area contributed by atoms with E-state index in [1.54, 1.807) is 0 Å². The number of allylic oxidation sites excluding steroid dienone is 2. The highest BCUT2D eigenvalue weighted by Crippen LogP contribution is 2.76. The molecule has 24 nitrogen and oxygen atoms in total. The van der Waals surface area contributed by atoms with Crippen molar-refractivity contribution in [1.29, 1.82) is 0 Å². The molecule has 0 radical (unpaired) electrons. The molecule has 24 heteroatoms. The minimum atomic E-state index is -1.85. The quantitative estimate of drug-likeness (QED) is 0.0534. The molecule has 4 aliphatic heterocycles. The Morgan fingerprint density at radius 3 is 1.65 bits per heavy atom. The van der Waals surface area contributed by atoms with Gasteiger partial charge < -0.3 is 120 Å². The van der Waals surface area contributed by atoms with E-state index in [0.29, 0.717) is 51.4 Å². The molecule has 0 spiro atoms. The van der Waals surface area contributed by atoms with E-state index in [0.717, 1.165) is 5.57 Å². The van der Waals surface area contributed by atoms with Gasteiger partial charge in [0.15, 0.2) is 25.2 Å². The first-order valence-electron chi connectivity index (χ1n) is 28.0. The molecule has 0 aromatic carbocycles. The zero-order valence-corrected chi connectivity index (χ0v) is 46.1. The summed E-state index contributed by atoms with van der Waals surface area (Å²) in [6.45, 7) is 13.7. The second kappa shape index (κ2) is 23.7. The fourth-order valence-corrected chi connectivity index (χ4v) is 16.4. The van der Waals surface area contributed by atoms with Crippen LogP contribution in [0, 0.1) is 45.3 Å². The summed E-state index contributed by atoms with van der Waals surface area (Å²) in [7, 11) is 0. The van der Waals surface area contributed by atoms with Crippen molar-refractivity contribution >= 4 is 0 Å². The first-order chi connectivity index (χ1) is 36.5. The standard InChI is InChI=1S/C54H92O24/c1-22(2)10-9-13-54(8,78-48-43(70)39(66)36(63)29(75-48)21-71-46-41(68)37(64)33(60)26(18-55)72-46)23-11-15-52(6)32(23)24(58)16-30-51(5)14-12-31(50(3,4)45(51)25(59)17-53(30,52)7)76-49-44(40(67)35(62)28(20-57)74-49)77-47-42(69)38(65)34(61)27(19-56)73-47/h10,23-49,55-70H,9,11-21H2,1-8H3. The summed E-state index contributed by atoms with van der Waals surface area (Å²) in [6, 6.07) is 0. The van der Waals surface area contributed by atoms with Crippen LogP contribution in [0.5, 0.6) is 0 Å². The Hall–Kier alpha value is -1.22. The van der Waals surface area contributed by atoms with E-state index in [4.69, 9.17) is 37.9 Å². The maximum absolute atomic E-state index is 12.8. The van der Waals surface area contributed by atoms with E-state index in [-0.39, 0.29) is 11.8 Å². The lowest BCUT2D eigenvalue weighted by atomic mass is 9.34. The lowest BCUT2D eigenvalue weighted by Gasteiger charge is -2.71. The molecule has 452 valence electrons. The molecule has 8 fully saturated rings. The van der Waals surface area contributed by atoms with Crippen LogP contribution in [0.3, 0.4) is 0 Å². The Bertz CT molecular complexity index is 2030. The minimum absolute atomic E-state index is 0.139. The molecule has 16 N–H and O–H groups in total. The van der Waals surface area contributed by atoms with Gasteiger partial charge in [0.1, 0.15) is 97.7 Å². The van der Waals surface area contributed by atoms with E-state index >= 15 is 0 Å². The predicted octanol–water partition coefficient (Wildman–Crippen LogP) is -3.23. The fourth-order valence-electron chi connectivity index (χ4n) is 16.4. The van der Waals surface area contributed by atoms with Crippen LogP contribution < -0.4 is 0 Å². The number of aliphatic hydroxyl groups excluding tert-OH is 16. The van der Waals surface area contributed by atoms with Crippen molar-refractivity contribution in [2.45, 2.75) is 253 Å². The third-order valence-electron chi connectivity index (χ3n) is 20.8. The monoisotopic (exact) mass is 1120 g/mol. The average Bonchev–Trinajstić information content (AvgIpc) is 3.93. The molecule has 0 amide bonds. The van der Waals surface area contributed by atoms with Gasteiger partial charge >= 0.3 is 0 Å². The third kappa shape index (κ3) is 10.8. The van der Waals surface area contributed by atoms with Crippen LogP contribution in [0.25, 0.3) is 0 Å². The number of hydrogen-bond donors (Lipinski definition) is 16. The fraction of sp³-hybridized carbons (Fsp3) is 0.963. The first-order valence-corrected chi connectivity index (χ1v) is 28.0. The molecular formula is C54H92O24. The molecule has 4 saturated heterocycles. The molecule has 78 heavy (non-hydrogen) atoms. The molecule has 4 saturated carbocycles. The third-order valence-corrected chi connectivity index (χ3v) is 20.8.